The fourth-order valence-electron chi connectivity index (χ4n) is 4.41. The second-order valence-electron chi connectivity index (χ2n) is 8.28. The molecule has 1 aliphatic rings. The average molecular weight is 472 g/mol. The quantitative estimate of drug-likeness (QED) is 0.364. The summed E-state index contributed by atoms with van der Waals surface area (Å²) >= 11 is 0. The molecule has 0 radical (unpaired) electrons. The third-order valence-corrected chi connectivity index (χ3v) is 6.10. The molecule has 1 fully saturated rings. The average Bonchev–Trinajstić information content (AvgIpc) is 3.57. The predicted molar refractivity (Wildman–Crippen MR) is 140 cm³/mol. The van der Waals surface area contributed by atoms with Gasteiger partial charge in [-0.15, -0.1) is 0 Å². The summed E-state index contributed by atoms with van der Waals surface area (Å²) in [7, 11) is 1.58. The highest BCUT2D eigenvalue weighted by Gasteiger charge is 2.20. The van der Waals surface area contributed by atoms with Gasteiger partial charge in [-0.05, 0) is 37.1 Å². The van der Waals surface area contributed by atoms with Crippen LogP contribution in [0.25, 0.3) is 22.2 Å². The van der Waals surface area contributed by atoms with Crippen LogP contribution in [0.4, 0.5) is 23.0 Å². The maximum Gasteiger partial charge on any atom is 0.247 e. The number of benzene rings is 2. The highest BCUT2D eigenvalue weighted by molar-refractivity contribution is 6.02. The van der Waals surface area contributed by atoms with Gasteiger partial charge in [0.15, 0.2) is 0 Å². The van der Waals surface area contributed by atoms with Crippen LogP contribution in [0, 0.1) is 0 Å². The van der Waals surface area contributed by atoms with E-state index in [4.69, 9.17) is 8.85 Å². The topological polar surface area (TPSA) is 84.3 Å². The van der Waals surface area contributed by atoms with Gasteiger partial charge in [0, 0.05) is 59.1 Å². The first-order chi connectivity index (χ1) is 18.3. The molecule has 1 aliphatic heterocycles. The Bertz CT molecular complexity index is 1510. The molecular formula is C27H28N6O2. The van der Waals surface area contributed by atoms with Crippen LogP contribution in [0.15, 0.2) is 67.5 Å². The largest absolute Gasteiger partial charge is 0.494 e. The number of rotatable bonds is 7. The van der Waals surface area contributed by atoms with E-state index in [1.54, 1.807) is 37.7 Å². The molecule has 0 aliphatic carbocycles. The number of fused-ring (bicyclic) bond motifs is 1. The maximum atomic E-state index is 12.2. The number of aryl methyl sites for hydroxylation is 1. The lowest BCUT2D eigenvalue weighted by molar-refractivity contribution is -0.111. The van der Waals surface area contributed by atoms with Crippen LogP contribution in [0.5, 0.6) is 5.75 Å². The Morgan fingerprint density at radius 2 is 2.03 bits per heavy atom. The van der Waals surface area contributed by atoms with E-state index < -0.39 is 6.98 Å². The number of methoxy groups -OCH3 is 1. The van der Waals surface area contributed by atoms with Gasteiger partial charge >= 0.3 is 0 Å². The third-order valence-electron chi connectivity index (χ3n) is 6.10. The van der Waals surface area contributed by atoms with E-state index in [2.05, 4.69) is 32.1 Å². The maximum absolute atomic E-state index is 12.2. The van der Waals surface area contributed by atoms with Gasteiger partial charge in [0.05, 0.1) is 29.9 Å². The number of amides is 1. The number of anilines is 4. The Morgan fingerprint density at radius 1 is 1.20 bits per heavy atom. The Labute approximate surface area is 208 Å². The summed E-state index contributed by atoms with van der Waals surface area (Å²) in [5.41, 5.74) is 3.89. The summed E-state index contributed by atoms with van der Waals surface area (Å²) in [5.74, 6) is 0.545. The van der Waals surface area contributed by atoms with Crippen LogP contribution in [-0.4, -0.2) is 40.6 Å². The van der Waals surface area contributed by atoms with E-state index in [-0.39, 0.29) is 5.91 Å². The van der Waals surface area contributed by atoms with Crippen molar-refractivity contribution in [1.82, 2.24) is 14.5 Å². The molecule has 0 unspecified atom stereocenters. The SMILES string of the molecule is [2H]C([2H])([2H])n1cc(-c2ccnc(Nc3cc(NC(=O)C=C)c(N4CCCC4)cc3OC)n2)c2ccccc21. The minimum atomic E-state index is -2.33. The van der Waals surface area contributed by atoms with Crippen molar-refractivity contribution < 1.29 is 13.6 Å². The lowest BCUT2D eigenvalue weighted by atomic mass is 10.1. The van der Waals surface area contributed by atoms with E-state index in [1.165, 1.54) is 10.6 Å². The molecule has 3 heterocycles. The van der Waals surface area contributed by atoms with Crippen molar-refractivity contribution in [3.8, 4) is 17.0 Å². The number of aromatic nitrogens is 3. The molecule has 0 spiro atoms. The van der Waals surface area contributed by atoms with Crippen LogP contribution >= 0.6 is 0 Å². The molecular weight excluding hydrogens is 440 g/mol. The summed E-state index contributed by atoms with van der Waals surface area (Å²) in [5, 5.41) is 6.88. The fourth-order valence-corrected chi connectivity index (χ4v) is 4.41. The van der Waals surface area contributed by atoms with Gasteiger partial charge in [0.25, 0.3) is 0 Å². The molecule has 1 saturated heterocycles. The van der Waals surface area contributed by atoms with E-state index in [0.717, 1.165) is 37.0 Å². The van der Waals surface area contributed by atoms with Crippen LogP contribution in [0.3, 0.4) is 0 Å². The van der Waals surface area contributed by atoms with E-state index >= 15 is 0 Å². The number of nitrogens with one attached hydrogen (secondary N) is 2. The zero-order valence-electron chi connectivity index (χ0n) is 22.4. The molecule has 8 nitrogen and oxygen atoms in total. The van der Waals surface area contributed by atoms with Crippen LogP contribution < -0.4 is 20.3 Å². The molecule has 0 saturated carbocycles. The Hall–Kier alpha value is -4.33. The van der Waals surface area contributed by atoms with Gasteiger partial charge in [-0.2, -0.15) is 0 Å². The molecule has 4 aromatic rings. The van der Waals surface area contributed by atoms with Crippen LogP contribution in [-0.2, 0) is 11.8 Å². The summed E-state index contributed by atoms with van der Waals surface area (Å²) in [4.78, 5) is 23.4. The zero-order valence-corrected chi connectivity index (χ0v) is 19.4. The van der Waals surface area contributed by atoms with Gasteiger partial charge in [0.2, 0.25) is 11.9 Å². The van der Waals surface area contributed by atoms with E-state index in [0.29, 0.717) is 39.8 Å². The van der Waals surface area contributed by atoms with Crippen molar-refractivity contribution in [2.75, 3.05) is 35.7 Å². The minimum absolute atomic E-state index is 0.293. The number of carbonyl (C=O) groups is 1. The summed E-state index contributed by atoms with van der Waals surface area (Å²) < 4.78 is 30.7. The Balaban J connectivity index is 1.54. The van der Waals surface area contributed by atoms with Gasteiger partial charge in [-0.1, -0.05) is 24.8 Å². The highest BCUT2D eigenvalue weighted by Crippen LogP contribution is 2.39. The first-order valence-corrected chi connectivity index (χ1v) is 11.4. The molecule has 2 aromatic heterocycles. The first kappa shape index (κ1) is 19.0. The van der Waals surface area contributed by atoms with Gasteiger partial charge in [-0.3, -0.25) is 4.79 Å². The molecule has 5 rings (SSSR count). The van der Waals surface area contributed by atoms with Crippen molar-refractivity contribution in [2.24, 2.45) is 6.98 Å². The zero-order chi connectivity index (χ0) is 26.9. The number of hydrogen-bond acceptors (Lipinski definition) is 6. The Morgan fingerprint density at radius 3 is 2.80 bits per heavy atom. The summed E-state index contributed by atoms with van der Waals surface area (Å²) in [6.45, 7) is 3.01. The lowest BCUT2D eigenvalue weighted by Crippen LogP contribution is -2.21. The molecule has 1 amide bonds. The fraction of sp³-hybridized carbons (Fsp3) is 0.222. The standard InChI is InChI=1S/C27H28N6O2/c1-4-26(34)29-21-15-22(25(35-3)16-24(21)33-13-7-8-14-33)31-27-28-12-11-20(30-27)19-17-32(2)23-10-6-5-9-18(19)23/h4-6,9-12,15-17H,1,7-8,13-14H2,2-3H3,(H,29,34)(H,28,30,31)/i2D3. The number of ether oxygens (including phenoxy) is 1. The highest BCUT2D eigenvalue weighted by atomic mass is 16.5. The first-order valence-electron chi connectivity index (χ1n) is 12.9. The van der Waals surface area contributed by atoms with Gasteiger partial charge in [0.1, 0.15) is 5.75 Å². The van der Waals surface area contributed by atoms with Gasteiger partial charge < -0.3 is 24.8 Å². The predicted octanol–water partition coefficient (Wildman–Crippen LogP) is 5.11. The third kappa shape index (κ3) is 4.42. The van der Waals surface area contributed by atoms with Gasteiger partial charge in [-0.25, -0.2) is 9.97 Å². The number of carbonyl (C=O) groups excluding carboxylic acids is 1. The van der Waals surface area contributed by atoms with Crippen LogP contribution in [0.1, 0.15) is 17.0 Å². The van der Waals surface area contributed by atoms with Crippen molar-refractivity contribution in [1.29, 1.82) is 0 Å². The van der Waals surface area contributed by atoms with E-state index in [1.807, 2.05) is 24.3 Å². The van der Waals surface area contributed by atoms with Crippen molar-refractivity contribution >= 4 is 39.8 Å². The smallest absolute Gasteiger partial charge is 0.247 e. The molecule has 2 aromatic carbocycles. The molecule has 0 bridgehead atoms. The van der Waals surface area contributed by atoms with Crippen LogP contribution in [0.2, 0.25) is 0 Å². The molecule has 8 heteroatoms. The number of nitrogens with zero attached hydrogens (tertiary/aromatic N) is 4. The van der Waals surface area contributed by atoms with E-state index in [9.17, 15) is 4.79 Å². The molecule has 178 valence electrons. The summed E-state index contributed by atoms with van der Waals surface area (Å²) in [6.07, 6.45) is 6.59. The van der Waals surface area contributed by atoms with Crippen molar-refractivity contribution in [3.05, 3.63) is 67.5 Å². The second kappa shape index (κ2) is 9.50. The number of hydrogen-bond donors (Lipinski definition) is 2. The molecule has 2 N–H and O–H groups in total. The second-order valence-corrected chi connectivity index (χ2v) is 8.28. The van der Waals surface area contributed by atoms with Crippen molar-refractivity contribution in [3.63, 3.8) is 0 Å². The lowest BCUT2D eigenvalue weighted by Gasteiger charge is -2.24. The monoisotopic (exact) mass is 471 g/mol. The normalized spacial score (nSPS) is 14.8. The minimum Gasteiger partial charge on any atom is -0.494 e. The van der Waals surface area contributed by atoms with Crippen molar-refractivity contribution in [2.45, 2.75) is 12.8 Å². The molecule has 0 atom stereocenters. The summed E-state index contributed by atoms with van der Waals surface area (Å²) in [6, 6.07) is 12.7. The number of para-hydroxylation sites is 1. The molecule has 35 heavy (non-hydrogen) atoms. The Kier molecular flexibility index (Phi) is 5.16.